The van der Waals surface area contributed by atoms with Crippen LogP contribution in [0.2, 0.25) is 0 Å². The molecule has 0 atom stereocenters. The Morgan fingerprint density at radius 3 is 2.33 bits per heavy atom. The highest BCUT2D eigenvalue weighted by Crippen LogP contribution is 2.13. The number of aromatic nitrogens is 2. The SMILES string of the molecule is CCCCCn1nc(C)cc1NC=C(C(=O)OCC)C(=O)OCC. The molecule has 0 aromatic carbocycles. The van der Waals surface area contributed by atoms with Crippen molar-refractivity contribution in [2.45, 2.75) is 53.5 Å². The Labute approximate surface area is 143 Å². The molecule has 0 saturated carbocycles. The lowest BCUT2D eigenvalue weighted by atomic mass is 10.2. The van der Waals surface area contributed by atoms with E-state index < -0.39 is 11.9 Å². The number of carbonyl (C=O) groups excluding carboxylic acids is 2. The van der Waals surface area contributed by atoms with Gasteiger partial charge in [0.15, 0.2) is 5.57 Å². The summed E-state index contributed by atoms with van der Waals surface area (Å²) in [7, 11) is 0. The van der Waals surface area contributed by atoms with Gasteiger partial charge in [-0.15, -0.1) is 0 Å². The number of carbonyl (C=O) groups is 2. The van der Waals surface area contributed by atoms with Crippen molar-refractivity contribution in [1.82, 2.24) is 9.78 Å². The van der Waals surface area contributed by atoms with Gasteiger partial charge in [-0.1, -0.05) is 19.8 Å². The number of esters is 2. The molecule has 0 radical (unpaired) electrons. The van der Waals surface area contributed by atoms with Crippen LogP contribution in [0.4, 0.5) is 5.82 Å². The summed E-state index contributed by atoms with van der Waals surface area (Å²) in [6.07, 6.45) is 4.57. The van der Waals surface area contributed by atoms with Crippen molar-refractivity contribution in [3.8, 4) is 0 Å². The van der Waals surface area contributed by atoms with Crippen molar-refractivity contribution >= 4 is 17.8 Å². The predicted molar refractivity (Wildman–Crippen MR) is 91.5 cm³/mol. The molecule has 0 unspecified atom stereocenters. The number of ether oxygens (including phenoxy) is 2. The third-order valence-electron chi connectivity index (χ3n) is 3.23. The van der Waals surface area contributed by atoms with Crippen LogP contribution < -0.4 is 5.32 Å². The van der Waals surface area contributed by atoms with Crippen molar-refractivity contribution < 1.29 is 19.1 Å². The minimum absolute atomic E-state index is 0.169. The quantitative estimate of drug-likeness (QED) is 0.232. The Kier molecular flexibility index (Phi) is 8.60. The summed E-state index contributed by atoms with van der Waals surface area (Å²) in [6, 6.07) is 1.86. The summed E-state index contributed by atoms with van der Waals surface area (Å²) in [5.74, 6) is -0.704. The fraction of sp³-hybridized carbons (Fsp3) is 0.588. The molecule has 1 aromatic rings. The van der Waals surface area contributed by atoms with Crippen molar-refractivity contribution in [2.75, 3.05) is 18.5 Å². The minimum atomic E-state index is -0.711. The van der Waals surface area contributed by atoms with Gasteiger partial charge in [0.1, 0.15) is 5.82 Å². The van der Waals surface area contributed by atoms with Gasteiger partial charge in [-0.05, 0) is 27.2 Å². The van der Waals surface area contributed by atoms with Gasteiger partial charge in [-0.25, -0.2) is 14.3 Å². The van der Waals surface area contributed by atoms with Crippen molar-refractivity contribution in [2.24, 2.45) is 0 Å². The van der Waals surface area contributed by atoms with E-state index in [1.54, 1.807) is 13.8 Å². The van der Waals surface area contributed by atoms with E-state index in [0.29, 0.717) is 0 Å². The largest absolute Gasteiger partial charge is 0.462 e. The summed E-state index contributed by atoms with van der Waals surface area (Å²) >= 11 is 0. The van der Waals surface area contributed by atoms with Gasteiger partial charge < -0.3 is 14.8 Å². The molecule has 0 amide bonds. The molecule has 0 fully saturated rings. The molecule has 1 heterocycles. The molecular formula is C17H27N3O4. The number of anilines is 1. The Morgan fingerprint density at radius 1 is 1.17 bits per heavy atom. The normalized spacial score (nSPS) is 10.2. The molecule has 0 bridgehead atoms. The van der Waals surface area contributed by atoms with E-state index in [0.717, 1.165) is 37.3 Å². The number of hydrogen-bond acceptors (Lipinski definition) is 6. The number of unbranched alkanes of at least 4 members (excludes halogenated alkanes) is 2. The Morgan fingerprint density at radius 2 is 1.79 bits per heavy atom. The van der Waals surface area contributed by atoms with Crippen LogP contribution in [0, 0.1) is 6.92 Å². The fourth-order valence-corrected chi connectivity index (χ4v) is 2.11. The summed E-state index contributed by atoms with van der Waals surface area (Å²) < 4.78 is 11.6. The van der Waals surface area contributed by atoms with Crippen LogP contribution in [0.1, 0.15) is 45.7 Å². The zero-order chi connectivity index (χ0) is 17.9. The molecule has 0 aliphatic rings. The van der Waals surface area contributed by atoms with Crippen LogP contribution >= 0.6 is 0 Å². The maximum atomic E-state index is 11.9. The van der Waals surface area contributed by atoms with Crippen LogP contribution in [-0.4, -0.2) is 34.9 Å². The Hall–Kier alpha value is -2.31. The standard InChI is InChI=1S/C17H27N3O4/c1-5-8-9-10-20-15(11-13(4)19-20)18-12-14(16(21)23-6-2)17(22)24-7-3/h11-12,18H,5-10H2,1-4H3. The second kappa shape index (κ2) is 10.5. The number of aryl methyl sites for hydroxylation is 2. The lowest BCUT2D eigenvalue weighted by Crippen LogP contribution is -2.20. The van der Waals surface area contributed by atoms with E-state index in [9.17, 15) is 9.59 Å². The van der Waals surface area contributed by atoms with Gasteiger partial charge in [0.25, 0.3) is 0 Å². The second-order valence-corrected chi connectivity index (χ2v) is 5.24. The predicted octanol–water partition coefficient (Wildman–Crippen LogP) is 2.80. The fourth-order valence-electron chi connectivity index (χ4n) is 2.11. The summed E-state index contributed by atoms with van der Waals surface area (Å²) in [5.41, 5.74) is 0.689. The molecule has 0 aliphatic carbocycles. The van der Waals surface area contributed by atoms with Crippen LogP contribution in [0.3, 0.4) is 0 Å². The third-order valence-corrected chi connectivity index (χ3v) is 3.23. The van der Waals surface area contributed by atoms with Crippen LogP contribution in [0.15, 0.2) is 17.8 Å². The topological polar surface area (TPSA) is 82.5 Å². The van der Waals surface area contributed by atoms with E-state index in [2.05, 4.69) is 17.3 Å². The highest BCUT2D eigenvalue weighted by molar-refractivity contribution is 6.14. The van der Waals surface area contributed by atoms with Gasteiger partial charge in [0, 0.05) is 18.8 Å². The molecule has 0 aliphatic heterocycles. The lowest BCUT2D eigenvalue weighted by Gasteiger charge is -2.09. The first-order chi connectivity index (χ1) is 11.5. The van der Waals surface area contributed by atoms with Crippen LogP contribution in [0.25, 0.3) is 0 Å². The highest BCUT2D eigenvalue weighted by Gasteiger charge is 2.21. The van der Waals surface area contributed by atoms with Gasteiger partial charge in [0.05, 0.1) is 18.9 Å². The van der Waals surface area contributed by atoms with Crippen molar-refractivity contribution in [3.05, 3.63) is 23.5 Å². The molecule has 0 spiro atoms. The molecule has 1 rings (SSSR count). The van der Waals surface area contributed by atoms with Crippen LogP contribution in [0.5, 0.6) is 0 Å². The Bertz CT molecular complexity index is 558. The van der Waals surface area contributed by atoms with E-state index >= 15 is 0 Å². The number of nitrogens with one attached hydrogen (secondary N) is 1. The smallest absolute Gasteiger partial charge is 0.347 e. The maximum absolute atomic E-state index is 11.9. The third kappa shape index (κ3) is 6.06. The molecule has 0 saturated heterocycles. The maximum Gasteiger partial charge on any atom is 0.347 e. The number of hydrogen-bond donors (Lipinski definition) is 1. The van der Waals surface area contributed by atoms with Gasteiger partial charge in [-0.3, -0.25) is 0 Å². The molecule has 1 aromatic heterocycles. The average Bonchev–Trinajstić information content (AvgIpc) is 2.88. The summed E-state index contributed by atoms with van der Waals surface area (Å²) in [6.45, 7) is 8.53. The first kappa shape index (κ1) is 19.7. The number of nitrogens with zero attached hydrogens (tertiary/aromatic N) is 2. The average molecular weight is 337 g/mol. The van der Waals surface area contributed by atoms with Crippen molar-refractivity contribution in [1.29, 1.82) is 0 Å². The van der Waals surface area contributed by atoms with Crippen molar-refractivity contribution in [3.63, 3.8) is 0 Å². The monoisotopic (exact) mass is 337 g/mol. The molecule has 7 nitrogen and oxygen atoms in total. The van der Waals surface area contributed by atoms with Gasteiger partial charge in [0.2, 0.25) is 0 Å². The lowest BCUT2D eigenvalue weighted by molar-refractivity contribution is -0.146. The number of rotatable bonds is 10. The molecule has 24 heavy (non-hydrogen) atoms. The second-order valence-electron chi connectivity index (χ2n) is 5.24. The molecular weight excluding hydrogens is 310 g/mol. The van der Waals surface area contributed by atoms with Crippen LogP contribution in [-0.2, 0) is 25.6 Å². The summed E-state index contributed by atoms with van der Waals surface area (Å²) in [4.78, 5) is 23.9. The Balaban J connectivity index is 2.91. The van der Waals surface area contributed by atoms with E-state index in [1.165, 1.54) is 6.20 Å². The van der Waals surface area contributed by atoms with E-state index in [-0.39, 0.29) is 18.8 Å². The molecule has 7 heteroatoms. The van der Waals surface area contributed by atoms with E-state index in [1.807, 2.05) is 17.7 Å². The molecule has 134 valence electrons. The van der Waals surface area contributed by atoms with Gasteiger partial charge >= 0.3 is 11.9 Å². The molecule has 1 N–H and O–H groups in total. The summed E-state index contributed by atoms with van der Waals surface area (Å²) in [5, 5.41) is 7.39. The zero-order valence-corrected chi connectivity index (χ0v) is 14.9. The first-order valence-corrected chi connectivity index (χ1v) is 8.38. The van der Waals surface area contributed by atoms with E-state index in [4.69, 9.17) is 9.47 Å². The highest BCUT2D eigenvalue weighted by atomic mass is 16.6. The van der Waals surface area contributed by atoms with Gasteiger partial charge in [-0.2, -0.15) is 5.10 Å². The zero-order valence-electron chi connectivity index (χ0n) is 14.9. The minimum Gasteiger partial charge on any atom is -0.462 e. The first-order valence-electron chi connectivity index (χ1n) is 8.38.